The molecule has 0 aliphatic heterocycles. The molecule has 7 nitrogen and oxygen atoms in total. The van der Waals surface area contributed by atoms with Gasteiger partial charge in [0.1, 0.15) is 0 Å². The lowest BCUT2D eigenvalue weighted by molar-refractivity contribution is -0.385. The zero-order valence-electron chi connectivity index (χ0n) is 11.2. The molecule has 0 spiro atoms. The van der Waals surface area contributed by atoms with Gasteiger partial charge in [-0.2, -0.15) is 0 Å². The molecule has 0 atom stereocenters. The van der Waals surface area contributed by atoms with Crippen LogP contribution >= 0.6 is 0 Å². The van der Waals surface area contributed by atoms with E-state index in [1.165, 1.54) is 25.3 Å². The SMILES string of the molecule is COc1c(C(=O)NCC2(N)CCC2)cccc1[N+](=O)[O-]. The van der Waals surface area contributed by atoms with Crippen molar-refractivity contribution in [2.45, 2.75) is 24.8 Å². The summed E-state index contributed by atoms with van der Waals surface area (Å²) in [5.41, 5.74) is 5.59. The average Bonchev–Trinajstić information content (AvgIpc) is 2.41. The third-order valence-corrected chi connectivity index (χ3v) is 3.59. The van der Waals surface area contributed by atoms with Gasteiger partial charge in [0, 0.05) is 18.2 Å². The van der Waals surface area contributed by atoms with Gasteiger partial charge in [0.05, 0.1) is 17.6 Å². The van der Waals surface area contributed by atoms with Gasteiger partial charge >= 0.3 is 5.69 Å². The second kappa shape index (κ2) is 5.46. The van der Waals surface area contributed by atoms with E-state index >= 15 is 0 Å². The van der Waals surface area contributed by atoms with E-state index in [1.54, 1.807) is 0 Å². The zero-order valence-corrected chi connectivity index (χ0v) is 11.2. The molecule has 0 saturated heterocycles. The number of carbonyl (C=O) groups is 1. The molecule has 1 aromatic carbocycles. The molecule has 1 aromatic rings. The second-order valence-electron chi connectivity index (χ2n) is 5.01. The van der Waals surface area contributed by atoms with Gasteiger partial charge in [-0.3, -0.25) is 14.9 Å². The number of methoxy groups -OCH3 is 1. The summed E-state index contributed by atoms with van der Waals surface area (Å²) in [7, 11) is 1.30. The first kappa shape index (κ1) is 14.3. The minimum Gasteiger partial charge on any atom is -0.490 e. The highest BCUT2D eigenvalue weighted by Crippen LogP contribution is 2.31. The van der Waals surface area contributed by atoms with Crippen LogP contribution in [0.25, 0.3) is 0 Å². The molecule has 0 radical (unpaired) electrons. The van der Waals surface area contributed by atoms with Gasteiger partial charge in [-0.1, -0.05) is 6.07 Å². The van der Waals surface area contributed by atoms with Gasteiger partial charge in [-0.25, -0.2) is 0 Å². The fourth-order valence-electron chi connectivity index (χ4n) is 2.22. The van der Waals surface area contributed by atoms with Crippen molar-refractivity contribution < 1.29 is 14.5 Å². The molecule has 108 valence electrons. The maximum absolute atomic E-state index is 12.1. The molecule has 0 heterocycles. The number of nitrogens with two attached hydrogens (primary N) is 1. The van der Waals surface area contributed by atoms with Gasteiger partial charge in [-0.15, -0.1) is 0 Å². The van der Waals surface area contributed by atoms with Crippen LogP contribution in [0.4, 0.5) is 5.69 Å². The van der Waals surface area contributed by atoms with Gasteiger partial charge < -0.3 is 15.8 Å². The Kier molecular flexibility index (Phi) is 3.89. The standard InChI is InChI=1S/C13H17N3O4/c1-20-11-9(4-2-5-10(11)16(18)19)12(17)15-8-13(14)6-3-7-13/h2,4-5H,3,6-8,14H2,1H3,(H,15,17). The summed E-state index contributed by atoms with van der Waals surface area (Å²) in [6.45, 7) is 0.359. The first-order valence-corrected chi connectivity index (χ1v) is 6.35. The lowest BCUT2D eigenvalue weighted by Gasteiger charge is -2.38. The van der Waals surface area contributed by atoms with Gasteiger partial charge in [0.2, 0.25) is 5.75 Å². The van der Waals surface area contributed by atoms with Crippen molar-refractivity contribution >= 4 is 11.6 Å². The monoisotopic (exact) mass is 279 g/mol. The van der Waals surface area contributed by atoms with E-state index in [0.29, 0.717) is 6.54 Å². The summed E-state index contributed by atoms with van der Waals surface area (Å²) in [5.74, 6) is -0.447. The first-order valence-electron chi connectivity index (χ1n) is 6.35. The number of nitro benzene ring substituents is 1. The highest BCUT2D eigenvalue weighted by Gasteiger charge is 2.33. The van der Waals surface area contributed by atoms with Crippen molar-refractivity contribution in [3.05, 3.63) is 33.9 Å². The Morgan fingerprint density at radius 3 is 2.75 bits per heavy atom. The van der Waals surface area contributed by atoms with Crippen LogP contribution in [0.5, 0.6) is 5.75 Å². The number of hydrogen-bond acceptors (Lipinski definition) is 5. The van der Waals surface area contributed by atoms with E-state index in [1.807, 2.05) is 0 Å². The normalized spacial score (nSPS) is 16.1. The number of para-hydroxylation sites is 1. The van der Waals surface area contributed by atoms with E-state index in [0.717, 1.165) is 19.3 Å². The lowest BCUT2D eigenvalue weighted by atomic mass is 9.78. The lowest BCUT2D eigenvalue weighted by Crippen LogP contribution is -2.54. The van der Waals surface area contributed by atoms with Crippen molar-refractivity contribution in [2.24, 2.45) is 5.73 Å². The Balaban J connectivity index is 2.16. The van der Waals surface area contributed by atoms with Crippen molar-refractivity contribution in [2.75, 3.05) is 13.7 Å². The molecule has 0 aromatic heterocycles. The topological polar surface area (TPSA) is 107 Å². The predicted octanol–water partition coefficient (Wildman–Crippen LogP) is 1.21. The van der Waals surface area contributed by atoms with E-state index in [9.17, 15) is 14.9 Å². The minimum atomic E-state index is -0.577. The van der Waals surface area contributed by atoms with E-state index in [4.69, 9.17) is 10.5 Å². The van der Waals surface area contributed by atoms with Gasteiger partial charge in [-0.05, 0) is 25.3 Å². The molecular weight excluding hydrogens is 262 g/mol. The van der Waals surface area contributed by atoms with Crippen LogP contribution in [0, 0.1) is 10.1 Å². The van der Waals surface area contributed by atoms with Crippen LogP contribution in [-0.2, 0) is 0 Å². The average molecular weight is 279 g/mol. The van der Waals surface area contributed by atoms with Crippen molar-refractivity contribution in [1.29, 1.82) is 0 Å². The molecule has 0 bridgehead atoms. The van der Waals surface area contributed by atoms with Crippen molar-refractivity contribution in [3.8, 4) is 5.75 Å². The van der Waals surface area contributed by atoms with Crippen LogP contribution in [0.15, 0.2) is 18.2 Å². The van der Waals surface area contributed by atoms with Crippen LogP contribution < -0.4 is 15.8 Å². The summed E-state index contributed by atoms with van der Waals surface area (Å²) in [5, 5.41) is 13.6. The predicted molar refractivity (Wildman–Crippen MR) is 72.8 cm³/mol. The molecule has 1 amide bonds. The van der Waals surface area contributed by atoms with Crippen LogP contribution in [0.2, 0.25) is 0 Å². The summed E-state index contributed by atoms with van der Waals surface area (Å²) in [4.78, 5) is 22.4. The number of amides is 1. The van der Waals surface area contributed by atoms with Crippen molar-refractivity contribution in [3.63, 3.8) is 0 Å². The number of hydrogen-bond donors (Lipinski definition) is 2. The highest BCUT2D eigenvalue weighted by atomic mass is 16.6. The molecule has 20 heavy (non-hydrogen) atoms. The molecule has 1 fully saturated rings. The first-order chi connectivity index (χ1) is 9.47. The fraction of sp³-hybridized carbons (Fsp3) is 0.462. The van der Waals surface area contributed by atoms with E-state index in [2.05, 4.69) is 5.32 Å². The molecule has 1 saturated carbocycles. The maximum atomic E-state index is 12.1. The fourth-order valence-corrected chi connectivity index (χ4v) is 2.22. The number of nitro groups is 1. The second-order valence-corrected chi connectivity index (χ2v) is 5.01. The molecule has 7 heteroatoms. The van der Waals surface area contributed by atoms with E-state index < -0.39 is 10.8 Å². The zero-order chi connectivity index (χ0) is 14.8. The number of nitrogens with zero attached hydrogens (tertiary/aromatic N) is 1. The number of benzene rings is 1. The molecular formula is C13H17N3O4. The number of carbonyl (C=O) groups excluding carboxylic acids is 1. The van der Waals surface area contributed by atoms with Crippen LogP contribution in [0.1, 0.15) is 29.6 Å². The quantitative estimate of drug-likeness (QED) is 0.622. The van der Waals surface area contributed by atoms with Crippen LogP contribution in [0.3, 0.4) is 0 Å². The summed E-state index contributed by atoms with van der Waals surface area (Å²) >= 11 is 0. The minimum absolute atomic E-state index is 0.0327. The Morgan fingerprint density at radius 1 is 1.55 bits per heavy atom. The third kappa shape index (κ3) is 2.72. The molecule has 3 N–H and O–H groups in total. The van der Waals surface area contributed by atoms with Crippen LogP contribution in [-0.4, -0.2) is 30.0 Å². The number of rotatable bonds is 5. The van der Waals surface area contributed by atoms with Gasteiger partial charge in [0.15, 0.2) is 0 Å². The number of ether oxygens (including phenoxy) is 1. The molecule has 0 unspecified atom stereocenters. The van der Waals surface area contributed by atoms with E-state index in [-0.39, 0.29) is 22.5 Å². The third-order valence-electron chi connectivity index (χ3n) is 3.59. The molecule has 1 aliphatic carbocycles. The highest BCUT2D eigenvalue weighted by molar-refractivity contribution is 5.98. The Hall–Kier alpha value is -2.15. The summed E-state index contributed by atoms with van der Waals surface area (Å²) in [6, 6.07) is 4.24. The largest absolute Gasteiger partial charge is 0.490 e. The molecule has 1 aliphatic rings. The smallest absolute Gasteiger partial charge is 0.311 e. The Labute approximate surface area is 116 Å². The summed E-state index contributed by atoms with van der Waals surface area (Å²) in [6.07, 6.45) is 2.81. The maximum Gasteiger partial charge on any atom is 0.311 e. The number of nitrogens with one attached hydrogen (secondary N) is 1. The Morgan fingerprint density at radius 2 is 2.25 bits per heavy atom. The molecule has 2 rings (SSSR count). The van der Waals surface area contributed by atoms with Crippen molar-refractivity contribution in [1.82, 2.24) is 5.32 Å². The van der Waals surface area contributed by atoms with Gasteiger partial charge in [0.25, 0.3) is 5.91 Å². The Bertz CT molecular complexity index is 540. The summed E-state index contributed by atoms with van der Waals surface area (Å²) < 4.78 is 5.00.